The Morgan fingerprint density at radius 3 is 2.52 bits per heavy atom. The maximum Gasteiger partial charge on any atom is 0.287 e. The third-order valence-electron chi connectivity index (χ3n) is 5.37. The number of rotatable bonds is 7. The molecule has 0 bridgehead atoms. The van der Waals surface area contributed by atoms with Crippen LogP contribution in [-0.2, 0) is 23.0 Å². The van der Waals surface area contributed by atoms with Crippen molar-refractivity contribution in [3.8, 4) is 11.5 Å². The molecule has 0 saturated heterocycles. The van der Waals surface area contributed by atoms with Crippen LogP contribution in [0.3, 0.4) is 0 Å². The smallest absolute Gasteiger partial charge is 0.287 e. The van der Waals surface area contributed by atoms with Crippen molar-refractivity contribution in [2.75, 3.05) is 33.1 Å². The molecule has 2 heterocycles. The fourth-order valence-electron chi connectivity index (χ4n) is 3.70. The van der Waals surface area contributed by atoms with Crippen molar-refractivity contribution in [3.63, 3.8) is 0 Å². The quantitative estimate of drug-likeness (QED) is 0.602. The Bertz CT molecular complexity index is 1180. The lowest BCUT2D eigenvalue weighted by Crippen LogP contribution is -2.40. The number of carbonyl (C=O) groups is 1. The van der Waals surface area contributed by atoms with Crippen LogP contribution < -0.4 is 14.8 Å². The Morgan fingerprint density at radius 2 is 1.81 bits per heavy atom. The molecule has 9 heteroatoms. The Balaban J connectivity index is 1.38. The summed E-state index contributed by atoms with van der Waals surface area (Å²) in [4.78, 5) is 12.3. The predicted molar refractivity (Wildman–Crippen MR) is 116 cm³/mol. The molecule has 8 nitrogen and oxygen atoms in total. The van der Waals surface area contributed by atoms with Gasteiger partial charge < -0.3 is 19.2 Å². The number of nitrogens with zero attached hydrogens (tertiary/aromatic N) is 1. The Hall–Kier alpha value is -3.04. The highest BCUT2D eigenvalue weighted by Gasteiger charge is 2.28. The molecule has 2 aromatic carbocycles. The molecule has 1 aromatic heterocycles. The molecule has 164 valence electrons. The van der Waals surface area contributed by atoms with E-state index in [1.807, 2.05) is 30.3 Å². The number of para-hydroxylation sites is 1. The standard InChI is InChI=1S/C22H24N2O6S/c1-28-19-11-15-7-9-24(14-17(15)13-20(19)29-2)31(26,27)10-8-23-22(25)21-12-16-5-3-4-6-18(16)30-21/h3-6,11-13H,7-10,14H2,1-2H3,(H,23,25). The van der Waals surface area contributed by atoms with Gasteiger partial charge >= 0.3 is 0 Å². The van der Waals surface area contributed by atoms with Crippen molar-refractivity contribution in [2.24, 2.45) is 0 Å². The summed E-state index contributed by atoms with van der Waals surface area (Å²) >= 11 is 0. The molecular weight excluding hydrogens is 420 g/mol. The van der Waals surface area contributed by atoms with Crippen molar-refractivity contribution >= 4 is 26.9 Å². The maximum absolute atomic E-state index is 12.8. The van der Waals surface area contributed by atoms with E-state index in [4.69, 9.17) is 13.9 Å². The SMILES string of the molecule is COc1cc2c(cc1OC)CN(S(=O)(=O)CCNC(=O)c1cc3ccccc3o1)CC2. The lowest BCUT2D eigenvalue weighted by atomic mass is 10.0. The molecule has 0 fully saturated rings. The van der Waals surface area contributed by atoms with E-state index in [2.05, 4.69) is 5.32 Å². The molecule has 0 saturated carbocycles. The first-order chi connectivity index (χ1) is 14.9. The summed E-state index contributed by atoms with van der Waals surface area (Å²) < 4.78 is 43.3. The molecule has 0 spiro atoms. The minimum Gasteiger partial charge on any atom is -0.493 e. The third-order valence-corrected chi connectivity index (χ3v) is 7.19. The molecule has 0 unspecified atom stereocenters. The van der Waals surface area contributed by atoms with Crippen molar-refractivity contribution in [3.05, 3.63) is 59.4 Å². The molecule has 0 radical (unpaired) electrons. The van der Waals surface area contributed by atoms with Gasteiger partial charge in [-0.15, -0.1) is 0 Å². The zero-order valence-electron chi connectivity index (χ0n) is 17.4. The van der Waals surface area contributed by atoms with Gasteiger partial charge in [0, 0.05) is 25.0 Å². The lowest BCUT2D eigenvalue weighted by Gasteiger charge is -2.29. The van der Waals surface area contributed by atoms with Crippen LogP contribution in [0, 0.1) is 0 Å². The van der Waals surface area contributed by atoms with E-state index < -0.39 is 15.9 Å². The number of methoxy groups -OCH3 is 2. The zero-order valence-corrected chi connectivity index (χ0v) is 18.2. The van der Waals surface area contributed by atoms with Crippen LogP contribution in [-0.4, -0.2) is 51.7 Å². The van der Waals surface area contributed by atoms with Crippen molar-refractivity contribution in [1.29, 1.82) is 0 Å². The zero-order chi connectivity index (χ0) is 22.0. The second-order valence-corrected chi connectivity index (χ2v) is 9.37. The summed E-state index contributed by atoms with van der Waals surface area (Å²) in [5.41, 5.74) is 2.54. The molecule has 1 N–H and O–H groups in total. The van der Waals surface area contributed by atoms with E-state index in [9.17, 15) is 13.2 Å². The first-order valence-corrected chi connectivity index (χ1v) is 11.5. The number of furan rings is 1. The Morgan fingerprint density at radius 1 is 1.10 bits per heavy atom. The molecule has 1 aliphatic heterocycles. The highest BCUT2D eigenvalue weighted by molar-refractivity contribution is 7.89. The van der Waals surface area contributed by atoms with Gasteiger partial charge in [-0.3, -0.25) is 4.79 Å². The Kier molecular flexibility index (Phi) is 5.88. The summed E-state index contributed by atoms with van der Waals surface area (Å²) in [5.74, 6) is 0.727. The predicted octanol–water partition coefficient (Wildman–Crippen LogP) is 2.57. The highest BCUT2D eigenvalue weighted by Crippen LogP contribution is 2.33. The van der Waals surface area contributed by atoms with Gasteiger partial charge in [0.2, 0.25) is 10.0 Å². The minimum atomic E-state index is -3.55. The molecule has 4 rings (SSSR count). The van der Waals surface area contributed by atoms with Crippen molar-refractivity contribution in [1.82, 2.24) is 9.62 Å². The van der Waals surface area contributed by atoms with Crippen LogP contribution in [0.5, 0.6) is 11.5 Å². The monoisotopic (exact) mass is 444 g/mol. The number of ether oxygens (including phenoxy) is 2. The Labute approximate surface area is 180 Å². The number of hydrogen-bond donors (Lipinski definition) is 1. The van der Waals surface area contributed by atoms with Crippen LogP contribution >= 0.6 is 0 Å². The van der Waals surface area contributed by atoms with Crippen LogP contribution in [0.25, 0.3) is 11.0 Å². The van der Waals surface area contributed by atoms with Gasteiger partial charge in [-0.2, -0.15) is 4.31 Å². The third kappa shape index (κ3) is 4.38. The average Bonchev–Trinajstić information content (AvgIpc) is 3.22. The molecule has 1 amide bonds. The van der Waals surface area contributed by atoms with Gasteiger partial charge in [0.1, 0.15) is 5.58 Å². The summed E-state index contributed by atoms with van der Waals surface area (Å²) in [7, 11) is -0.427. The van der Waals surface area contributed by atoms with E-state index in [0.717, 1.165) is 16.5 Å². The molecule has 0 aliphatic carbocycles. The van der Waals surface area contributed by atoms with Gasteiger partial charge in [-0.05, 0) is 41.8 Å². The van der Waals surface area contributed by atoms with Gasteiger partial charge in [-0.1, -0.05) is 18.2 Å². The minimum absolute atomic E-state index is 0.00645. The van der Waals surface area contributed by atoms with E-state index in [1.54, 1.807) is 26.4 Å². The number of sulfonamides is 1. The van der Waals surface area contributed by atoms with Gasteiger partial charge in [-0.25, -0.2) is 8.42 Å². The van der Waals surface area contributed by atoms with E-state index in [0.29, 0.717) is 30.0 Å². The van der Waals surface area contributed by atoms with Crippen molar-refractivity contribution < 1.29 is 27.1 Å². The second-order valence-electron chi connectivity index (χ2n) is 7.28. The number of fused-ring (bicyclic) bond motifs is 2. The van der Waals surface area contributed by atoms with Crippen LogP contribution in [0.2, 0.25) is 0 Å². The molecule has 1 aliphatic rings. The number of hydrogen-bond acceptors (Lipinski definition) is 6. The number of nitrogens with one attached hydrogen (secondary N) is 1. The van der Waals surface area contributed by atoms with E-state index >= 15 is 0 Å². The number of carbonyl (C=O) groups excluding carboxylic acids is 1. The number of benzene rings is 2. The number of amides is 1. The summed E-state index contributed by atoms with van der Waals surface area (Å²) in [6.45, 7) is 0.630. The van der Waals surface area contributed by atoms with Crippen LogP contribution in [0.4, 0.5) is 0 Å². The fraction of sp³-hybridized carbons (Fsp3) is 0.318. The molecule has 31 heavy (non-hydrogen) atoms. The second kappa shape index (κ2) is 8.60. The topological polar surface area (TPSA) is 98.1 Å². The summed E-state index contributed by atoms with van der Waals surface area (Å²) in [6, 6.07) is 12.7. The van der Waals surface area contributed by atoms with Crippen LogP contribution in [0.1, 0.15) is 21.7 Å². The van der Waals surface area contributed by atoms with E-state index in [1.165, 1.54) is 4.31 Å². The summed E-state index contributed by atoms with van der Waals surface area (Å²) in [6.07, 6.45) is 0.584. The fourth-order valence-corrected chi connectivity index (χ4v) is 5.02. The molecule has 3 aromatic rings. The average molecular weight is 445 g/mol. The molecular formula is C22H24N2O6S. The van der Waals surface area contributed by atoms with Gasteiger partial charge in [0.15, 0.2) is 17.3 Å². The summed E-state index contributed by atoms with van der Waals surface area (Å²) in [5, 5.41) is 3.45. The first kappa shape index (κ1) is 21.2. The van der Waals surface area contributed by atoms with E-state index in [-0.39, 0.29) is 24.6 Å². The van der Waals surface area contributed by atoms with Crippen LogP contribution in [0.15, 0.2) is 46.9 Å². The van der Waals surface area contributed by atoms with Gasteiger partial charge in [0.25, 0.3) is 5.91 Å². The first-order valence-electron chi connectivity index (χ1n) is 9.89. The molecule has 0 atom stereocenters. The van der Waals surface area contributed by atoms with Gasteiger partial charge in [0.05, 0.1) is 20.0 Å². The lowest BCUT2D eigenvalue weighted by molar-refractivity contribution is 0.0930. The van der Waals surface area contributed by atoms with Crippen molar-refractivity contribution in [2.45, 2.75) is 13.0 Å². The highest BCUT2D eigenvalue weighted by atomic mass is 32.2. The maximum atomic E-state index is 12.8. The normalized spacial score (nSPS) is 14.3. The largest absolute Gasteiger partial charge is 0.493 e.